The van der Waals surface area contributed by atoms with Crippen LogP contribution in [0, 0.1) is 11.8 Å². The van der Waals surface area contributed by atoms with Crippen molar-refractivity contribution in [2.75, 3.05) is 0 Å². The maximum atomic E-state index is 13.2. The van der Waals surface area contributed by atoms with Crippen molar-refractivity contribution in [3.8, 4) is 11.8 Å². The minimum absolute atomic E-state index is 0.288. The zero-order valence-electron chi connectivity index (χ0n) is 20.5. The number of aromatic nitrogens is 2. The van der Waals surface area contributed by atoms with Gasteiger partial charge in [0.1, 0.15) is 5.56 Å². The molecule has 0 fully saturated rings. The highest BCUT2D eigenvalue weighted by Gasteiger charge is 2.26. The smallest absolute Gasteiger partial charge is 0.332 e. The van der Waals surface area contributed by atoms with Crippen molar-refractivity contribution in [2.24, 2.45) is 0 Å². The highest BCUT2D eigenvalue weighted by Crippen LogP contribution is 2.23. The molecule has 6 nitrogen and oxygen atoms in total. The number of unbranched alkanes of at least 4 members (excludes halogenated alkanes) is 10. The average molecular weight is 469 g/mol. The Labute approximate surface area is 203 Å². The van der Waals surface area contributed by atoms with Gasteiger partial charge in [0.05, 0.1) is 24.3 Å². The van der Waals surface area contributed by atoms with Crippen LogP contribution in [-0.4, -0.2) is 31.6 Å². The molecule has 6 heteroatoms. The lowest BCUT2D eigenvalue weighted by molar-refractivity contribution is 0.205. The molecule has 0 saturated carbocycles. The summed E-state index contributed by atoms with van der Waals surface area (Å²) in [4.78, 5) is 26.3. The summed E-state index contributed by atoms with van der Waals surface area (Å²) in [5.41, 5.74) is -0.558. The van der Waals surface area contributed by atoms with E-state index in [1.54, 1.807) is 24.3 Å². The molecule has 0 spiro atoms. The zero-order valence-corrected chi connectivity index (χ0v) is 20.5. The molecule has 0 bridgehead atoms. The third-order valence-electron chi connectivity index (χ3n) is 6.79. The van der Waals surface area contributed by atoms with Crippen LogP contribution in [0.15, 0.2) is 40.1 Å². The Hall–Kier alpha value is -2.36. The highest BCUT2D eigenvalue weighted by molar-refractivity contribution is 5.31. The Kier molecular flexibility index (Phi) is 10.4. The van der Waals surface area contributed by atoms with Gasteiger partial charge in [-0.15, -0.1) is 0 Å². The lowest BCUT2D eigenvalue weighted by Crippen LogP contribution is -2.43. The molecule has 1 aromatic rings. The largest absolute Gasteiger partial charge is 0.389 e. The van der Waals surface area contributed by atoms with E-state index >= 15 is 0 Å². The third-order valence-corrected chi connectivity index (χ3v) is 6.79. The van der Waals surface area contributed by atoms with Crippen molar-refractivity contribution < 1.29 is 10.2 Å². The van der Waals surface area contributed by atoms with Crippen LogP contribution in [-0.2, 0) is 0 Å². The minimum atomic E-state index is -0.663. The monoisotopic (exact) mass is 468 g/mol. The summed E-state index contributed by atoms with van der Waals surface area (Å²) in [5.74, 6) is 6.13. The van der Waals surface area contributed by atoms with Crippen LogP contribution < -0.4 is 11.2 Å². The molecular weight excluding hydrogens is 428 g/mol. The molecule has 2 aliphatic rings. The normalized spacial score (nSPS) is 23.4. The summed E-state index contributed by atoms with van der Waals surface area (Å²) in [5, 5.41) is 19.7. The van der Waals surface area contributed by atoms with Crippen LogP contribution in [0.25, 0.3) is 0 Å². The van der Waals surface area contributed by atoms with E-state index in [-0.39, 0.29) is 11.6 Å². The summed E-state index contributed by atoms with van der Waals surface area (Å²) in [7, 11) is 0. The number of allylic oxidation sites excluding steroid dienone is 2. The molecule has 186 valence electrons. The molecule has 1 aromatic heterocycles. The van der Waals surface area contributed by atoms with E-state index in [1.165, 1.54) is 66.7 Å². The van der Waals surface area contributed by atoms with E-state index in [2.05, 4.69) is 18.8 Å². The Morgan fingerprint density at radius 3 is 1.94 bits per heavy atom. The standard InChI is InChI=1S/C28H40N2O4/c1-2-3-4-5-6-7-8-9-10-11-12-13-14-22-21-29(23-15-17-25(31)19-23)28(34)30(27(22)33)24-16-18-26(32)20-24/h15-18,21,23-26,31-32H,2-12,19-20H2,1H3/t23-,24-,25+,26+/m0/s1. The first-order valence-electron chi connectivity index (χ1n) is 13.1. The third kappa shape index (κ3) is 7.32. The highest BCUT2D eigenvalue weighted by atomic mass is 16.3. The number of rotatable bonds is 12. The van der Waals surface area contributed by atoms with Crippen LogP contribution in [0.4, 0.5) is 0 Å². The fourth-order valence-corrected chi connectivity index (χ4v) is 4.78. The van der Waals surface area contributed by atoms with Crippen LogP contribution in [0.1, 0.15) is 108 Å². The Morgan fingerprint density at radius 1 is 0.824 bits per heavy atom. The topological polar surface area (TPSA) is 84.5 Å². The molecule has 0 aromatic carbocycles. The van der Waals surface area contributed by atoms with Crippen molar-refractivity contribution in [3.05, 3.63) is 56.9 Å². The zero-order chi connectivity index (χ0) is 24.3. The van der Waals surface area contributed by atoms with E-state index < -0.39 is 29.5 Å². The van der Waals surface area contributed by atoms with Gasteiger partial charge in [-0.1, -0.05) is 101 Å². The molecule has 0 amide bonds. The average Bonchev–Trinajstić information content (AvgIpc) is 3.44. The maximum absolute atomic E-state index is 13.2. The van der Waals surface area contributed by atoms with Gasteiger partial charge < -0.3 is 10.2 Å². The Morgan fingerprint density at radius 2 is 1.38 bits per heavy atom. The molecule has 4 atom stereocenters. The first kappa shape index (κ1) is 26.2. The van der Waals surface area contributed by atoms with E-state index in [9.17, 15) is 19.8 Å². The summed E-state index contributed by atoms with van der Waals surface area (Å²) in [6, 6.07) is -0.799. The van der Waals surface area contributed by atoms with Gasteiger partial charge in [-0.25, -0.2) is 4.79 Å². The number of hydrogen-bond donors (Lipinski definition) is 2. The van der Waals surface area contributed by atoms with E-state index in [1.807, 2.05) is 0 Å². The predicted molar refractivity (Wildman–Crippen MR) is 136 cm³/mol. The van der Waals surface area contributed by atoms with Gasteiger partial charge in [-0.05, 0) is 6.42 Å². The second kappa shape index (κ2) is 13.5. The van der Waals surface area contributed by atoms with Crippen molar-refractivity contribution in [1.82, 2.24) is 9.13 Å². The van der Waals surface area contributed by atoms with Crippen LogP contribution in [0.2, 0.25) is 0 Å². The SMILES string of the molecule is CCCCCCCCCCCCC#Cc1cn([C@H]2C=C[C@@H](O)C2)c(=O)n([C@H]2C=C[C@@H](O)C2)c1=O. The Bertz CT molecular complexity index is 1020. The number of hydrogen-bond acceptors (Lipinski definition) is 4. The number of aliphatic hydroxyl groups excluding tert-OH is 2. The summed E-state index contributed by atoms with van der Waals surface area (Å²) >= 11 is 0. The molecule has 0 unspecified atom stereocenters. The Balaban J connectivity index is 1.60. The minimum Gasteiger partial charge on any atom is -0.389 e. The van der Waals surface area contributed by atoms with Gasteiger partial charge in [0.2, 0.25) is 0 Å². The van der Waals surface area contributed by atoms with Crippen LogP contribution >= 0.6 is 0 Å². The van der Waals surface area contributed by atoms with E-state index in [0.717, 1.165) is 19.3 Å². The van der Waals surface area contributed by atoms with Crippen molar-refractivity contribution in [1.29, 1.82) is 0 Å². The predicted octanol–water partition coefficient (Wildman–Crippen LogP) is 4.40. The second-order valence-corrected chi connectivity index (χ2v) is 9.65. The van der Waals surface area contributed by atoms with Gasteiger partial charge in [-0.2, -0.15) is 0 Å². The molecule has 1 heterocycles. The van der Waals surface area contributed by atoms with E-state index in [4.69, 9.17) is 0 Å². The number of nitrogens with zero attached hydrogens (tertiary/aromatic N) is 2. The lowest BCUT2D eigenvalue weighted by atomic mass is 10.1. The quantitative estimate of drug-likeness (QED) is 0.271. The van der Waals surface area contributed by atoms with Gasteiger partial charge in [0.25, 0.3) is 5.56 Å². The van der Waals surface area contributed by atoms with E-state index in [0.29, 0.717) is 12.8 Å². The first-order valence-corrected chi connectivity index (χ1v) is 13.1. The maximum Gasteiger partial charge on any atom is 0.332 e. The first-order chi connectivity index (χ1) is 16.5. The summed E-state index contributed by atoms with van der Waals surface area (Å²) in [6.45, 7) is 2.24. The molecule has 0 aliphatic heterocycles. The molecule has 0 radical (unpaired) electrons. The fraction of sp³-hybridized carbons (Fsp3) is 0.643. The summed E-state index contributed by atoms with van der Waals surface area (Å²) < 4.78 is 2.70. The van der Waals surface area contributed by atoms with Crippen LogP contribution in [0.5, 0.6) is 0 Å². The molecule has 2 N–H and O–H groups in total. The van der Waals surface area contributed by atoms with Crippen molar-refractivity contribution in [3.63, 3.8) is 0 Å². The van der Waals surface area contributed by atoms with Crippen LogP contribution in [0.3, 0.4) is 0 Å². The van der Waals surface area contributed by atoms with Gasteiger partial charge in [-0.3, -0.25) is 13.9 Å². The molecular formula is C28H40N2O4. The van der Waals surface area contributed by atoms with Crippen molar-refractivity contribution in [2.45, 2.75) is 115 Å². The lowest BCUT2D eigenvalue weighted by Gasteiger charge is -2.19. The van der Waals surface area contributed by atoms with Gasteiger partial charge >= 0.3 is 5.69 Å². The van der Waals surface area contributed by atoms with Crippen molar-refractivity contribution >= 4 is 0 Å². The second-order valence-electron chi connectivity index (χ2n) is 9.65. The molecule has 2 aliphatic carbocycles. The van der Waals surface area contributed by atoms with Gasteiger partial charge in [0, 0.05) is 25.5 Å². The fourth-order valence-electron chi connectivity index (χ4n) is 4.78. The molecule has 34 heavy (non-hydrogen) atoms. The molecule has 0 saturated heterocycles. The molecule has 3 rings (SSSR count). The number of aliphatic hydroxyl groups is 2. The summed E-state index contributed by atoms with van der Waals surface area (Å²) in [6.07, 6.45) is 21.1. The van der Waals surface area contributed by atoms with Gasteiger partial charge in [0.15, 0.2) is 0 Å².